The minimum Gasteiger partial charge on any atom is -0.397 e. The van der Waals surface area contributed by atoms with Gasteiger partial charge in [-0.1, -0.05) is 111 Å². The van der Waals surface area contributed by atoms with Gasteiger partial charge in [0.1, 0.15) is 0 Å². The highest BCUT2D eigenvalue weighted by atomic mass is 127. The van der Waals surface area contributed by atoms with Gasteiger partial charge in [0, 0.05) is 61.9 Å². The number of nitrogens with two attached hydrogens (primary N) is 1. The van der Waals surface area contributed by atoms with Crippen LogP contribution in [0.5, 0.6) is 0 Å². The van der Waals surface area contributed by atoms with E-state index in [0.717, 1.165) is 16.4 Å². The van der Waals surface area contributed by atoms with Crippen molar-refractivity contribution < 1.29 is 9.59 Å². The van der Waals surface area contributed by atoms with Gasteiger partial charge in [0.25, 0.3) is 0 Å². The van der Waals surface area contributed by atoms with Crippen molar-refractivity contribution in [2.24, 2.45) is 0 Å². The Labute approximate surface area is 302 Å². The molecule has 0 aliphatic heterocycles. The van der Waals surface area contributed by atoms with E-state index in [-0.39, 0.29) is 28.2 Å². The van der Waals surface area contributed by atoms with Crippen LogP contribution in [0.2, 0.25) is 0 Å². The third-order valence-electron chi connectivity index (χ3n) is 2.69. The maximum Gasteiger partial charge on any atom is 0.315 e. The van der Waals surface area contributed by atoms with Crippen molar-refractivity contribution >= 4 is 128 Å². The molecule has 2 N–H and O–H groups in total. The van der Waals surface area contributed by atoms with Crippen LogP contribution in [0.4, 0.5) is 10.5 Å². The molecule has 232 valence electrons. The molecule has 2 rings (SSSR count). The Morgan fingerprint density at radius 1 is 0.923 bits per heavy atom. The first-order valence-corrected chi connectivity index (χ1v) is 16.5. The first-order valence-electron chi connectivity index (χ1n) is 10.5. The first kappa shape index (κ1) is 55.4. The number of carbonyl (C=O) groups is 2. The van der Waals surface area contributed by atoms with E-state index in [1.165, 1.54) is 9.33 Å². The molecule has 0 aromatic carbocycles. The zero-order chi connectivity index (χ0) is 29.3. The number of carbonyl (C=O) groups excluding carboxylic acids is 2. The van der Waals surface area contributed by atoms with E-state index in [1.807, 2.05) is 19.9 Å². The fourth-order valence-corrected chi connectivity index (χ4v) is 2.11. The Bertz CT molecular complexity index is 803. The van der Waals surface area contributed by atoms with Gasteiger partial charge in [0.05, 0.1) is 14.0 Å². The lowest BCUT2D eigenvalue weighted by Gasteiger charge is -2.09. The number of nitrogens with zero attached hydrogens (tertiary/aromatic N) is 4. The topological polar surface area (TPSA) is 92.4 Å². The first-order chi connectivity index (χ1) is 16.7. The zero-order valence-electron chi connectivity index (χ0n) is 21.9. The van der Waals surface area contributed by atoms with Crippen LogP contribution in [0.25, 0.3) is 0 Å². The van der Waals surface area contributed by atoms with Crippen LogP contribution in [-0.2, 0) is 11.2 Å². The fourth-order valence-electron chi connectivity index (χ4n) is 1.31. The zero-order valence-corrected chi connectivity index (χ0v) is 32.3. The van der Waals surface area contributed by atoms with E-state index in [9.17, 15) is 9.59 Å². The lowest BCUT2D eigenvalue weighted by Crippen LogP contribution is -2.23. The van der Waals surface area contributed by atoms with Crippen molar-refractivity contribution in [3.8, 4) is 0 Å². The van der Waals surface area contributed by atoms with Gasteiger partial charge in [-0.05, 0) is 72.5 Å². The number of anilines is 1. The molecular formula is C26H49Br2ClI3N5O2. The van der Waals surface area contributed by atoms with Gasteiger partial charge in [0.15, 0.2) is 0 Å². The van der Waals surface area contributed by atoms with Gasteiger partial charge in [-0.25, -0.2) is 0 Å². The lowest BCUT2D eigenvalue weighted by atomic mass is 10.2. The molecule has 0 radical (unpaired) electrons. The Balaban J connectivity index is -0.0000000690. The second-order valence-electron chi connectivity index (χ2n) is 6.35. The van der Waals surface area contributed by atoms with Crippen LogP contribution in [0, 0.1) is 0 Å². The lowest BCUT2D eigenvalue weighted by molar-refractivity contribution is -0.127. The molecule has 0 saturated heterocycles. The Kier molecular flexibility index (Phi) is 54.7. The SMILES string of the molecule is C.C.C.CC.CC(I)I.CCI.CN(C)C(=O)Cc1cncc(Br)c1.CN(C)C(=O)Cl.Nc1cncc(Br)c1. The monoisotopic (exact) mass is 1040 g/mol. The summed E-state index contributed by atoms with van der Waals surface area (Å²) in [6.07, 6.45) is 7.09. The number of rotatable bonds is 2. The molecule has 39 heavy (non-hydrogen) atoms. The highest BCUT2D eigenvalue weighted by molar-refractivity contribution is 14.2. The molecule has 0 bridgehead atoms. The minimum absolute atomic E-state index is 0. The van der Waals surface area contributed by atoms with Crippen LogP contribution in [0.15, 0.2) is 45.9 Å². The van der Waals surface area contributed by atoms with Crippen LogP contribution in [-0.4, -0.2) is 65.6 Å². The molecule has 0 fully saturated rings. The van der Waals surface area contributed by atoms with Gasteiger partial charge >= 0.3 is 5.37 Å². The van der Waals surface area contributed by atoms with Crippen molar-refractivity contribution in [1.82, 2.24) is 19.8 Å². The van der Waals surface area contributed by atoms with Gasteiger partial charge in [-0.3, -0.25) is 19.6 Å². The van der Waals surface area contributed by atoms with E-state index in [4.69, 9.17) is 17.3 Å². The maximum absolute atomic E-state index is 11.3. The number of halogens is 6. The number of amides is 2. The molecule has 0 unspecified atom stereocenters. The molecule has 2 aromatic heterocycles. The smallest absolute Gasteiger partial charge is 0.315 e. The minimum atomic E-state index is -0.435. The number of hydrogen-bond acceptors (Lipinski definition) is 5. The van der Waals surface area contributed by atoms with Gasteiger partial charge in [-0.15, -0.1) is 0 Å². The van der Waals surface area contributed by atoms with Gasteiger partial charge in [-0.2, -0.15) is 0 Å². The van der Waals surface area contributed by atoms with E-state index < -0.39 is 5.37 Å². The van der Waals surface area contributed by atoms with E-state index in [1.54, 1.807) is 63.9 Å². The normalized spacial score (nSPS) is 7.87. The largest absolute Gasteiger partial charge is 0.397 e. The predicted octanol–water partition coefficient (Wildman–Crippen LogP) is 10.4. The average molecular weight is 1040 g/mol. The number of aromatic nitrogens is 2. The summed E-state index contributed by atoms with van der Waals surface area (Å²) < 4.78 is 3.81. The summed E-state index contributed by atoms with van der Waals surface area (Å²) >= 11 is 18.4. The standard InChI is InChI=1S/C9H11BrN2O.C5H5BrN2.C3H6ClNO.C2H4I2.C2H5I.C2H6.3CH4/c1-12(2)9(13)4-7-3-8(10)6-11-5-7;6-4-1-5(7)3-8-2-4;1-5(2)3(4)6;1-2(3)4;1-2-3;1-2;;;/h3,5-6H,4H2,1-2H3;1-3H,7H2;1-2H3;2H,1H3;2H2,1H3;1-2H3;3*1H4. The van der Waals surface area contributed by atoms with E-state index in [2.05, 4.69) is 123 Å². The Hall–Kier alpha value is 0.480. The molecule has 7 nitrogen and oxygen atoms in total. The Morgan fingerprint density at radius 3 is 1.49 bits per heavy atom. The van der Waals surface area contributed by atoms with Crippen LogP contribution >= 0.6 is 111 Å². The molecule has 0 spiro atoms. The molecule has 0 saturated carbocycles. The fraction of sp³-hybridized carbons (Fsp3) is 0.538. The summed E-state index contributed by atoms with van der Waals surface area (Å²) in [5.41, 5.74) is 6.97. The number of nitrogen functional groups attached to an aromatic ring is 1. The summed E-state index contributed by atoms with van der Waals surface area (Å²) in [5.74, 6) is 0.0832. The van der Waals surface area contributed by atoms with Crippen LogP contribution < -0.4 is 5.73 Å². The summed E-state index contributed by atoms with van der Waals surface area (Å²) in [4.78, 5) is 31.8. The third kappa shape index (κ3) is 48.5. The Morgan fingerprint density at radius 2 is 1.26 bits per heavy atom. The summed E-state index contributed by atoms with van der Waals surface area (Å²) in [6.45, 7) is 8.25. The second kappa shape index (κ2) is 38.5. The molecule has 2 heterocycles. The molecule has 13 heteroatoms. The maximum atomic E-state index is 11.3. The van der Waals surface area contributed by atoms with Crippen molar-refractivity contribution in [2.45, 2.75) is 58.3 Å². The number of alkyl halides is 3. The number of hydrogen-bond donors (Lipinski definition) is 1. The van der Waals surface area contributed by atoms with Gasteiger partial charge < -0.3 is 15.5 Å². The van der Waals surface area contributed by atoms with Gasteiger partial charge in [0.2, 0.25) is 5.91 Å². The van der Waals surface area contributed by atoms with Crippen molar-refractivity contribution in [1.29, 1.82) is 0 Å². The van der Waals surface area contributed by atoms with Crippen LogP contribution in [0.1, 0.15) is 55.5 Å². The molecule has 2 amide bonds. The van der Waals surface area contributed by atoms with Crippen molar-refractivity contribution in [3.63, 3.8) is 0 Å². The molecule has 0 aliphatic rings. The molecule has 0 aliphatic carbocycles. The molecular weight excluding hydrogens is 990 g/mol. The third-order valence-corrected chi connectivity index (χ3v) is 3.90. The summed E-state index contributed by atoms with van der Waals surface area (Å²) in [6, 6.07) is 3.70. The van der Waals surface area contributed by atoms with Crippen molar-refractivity contribution in [3.05, 3.63) is 51.4 Å². The second-order valence-corrected chi connectivity index (χ2v) is 16.1. The van der Waals surface area contributed by atoms with E-state index >= 15 is 0 Å². The number of likely N-dealkylation sites (N-methyl/N-ethyl adjacent to an activating group) is 1. The highest BCUT2D eigenvalue weighted by Crippen LogP contribution is 2.10. The summed E-state index contributed by atoms with van der Waals surface area (Å²) in [5, 5.41) is -0.435. The summed E-state index contributed by atoms with van der Waals surface area (Å²) in [7, 11) is 6.67. The molecule has 2 aromatic rings. The van der Waals surface area contributed by atoms with Crippen LogP contribution in [0.3, 0.4) is 0 Å². The van der Waals surface area contributed by atoms with E-state index in [0.29, 0.717) is 12.1 Å². The quantitative estimate of drug-likeness (QED) is 0.140. The van der Waals surface area contributed by atoms with Crippen molar-refractivity contribution in [2.75, 3.05) is 38.4 Å². The molecule has 0 atom stereocenters. The highest BCUT2D eigenvalue weighted by Gasteiger charge is 2.05. The predicted molar refractivity (Wildman–Crippen MR) is 209 cm³/mol. The average Bonchev–Trinajstić information content (AvgIpc) is 2.76. The number of pyridine rings is 2.